The van der Waals surface area contributed by atoms with Gasteiger partial charge in [-0.2, -0.15) is 0 Å². The third kappa shape index (κ3) is 3.29. The number of H-pyrrole nitrogens is 1. The average Bonchev–Trinajstić information content (AvgIpc) is 3.48. The maximum absolute atomic E-state index is 13.3. The lowest BCUT2D eigenvalue weighted by Gasteiger charge is -2.12. The zero-order chi connectivity index (χ0) is 20.8. The molecule has 2 aromatic carbocycles. The molecule has 5 aromatic rings. The van der Waals surface area contributed by atoms with E-state index >= 15 is 0 Å². The van der Waals surface area contributed by atoms with Crippen LogP contribution in [0.1, 0.15) is 29.8 Å². The minimum atomic E-state index is -0.131. The van der Waals surface area contributed by atoms with Crippen molar-refractivity contribution in [2.75, 3.05) is 0 Å². The van der Waals surface area contributed by atoms with Crippen molar-refractivity contribution < 1.29 is 0 Å². The minimum Gasteiger partial charge on any atom is -0.341 e. The summed E-state index contributed by atoms with van der Waals surface area (Å²) in [7, 11) is 0. The fourth-order valence-corrected chi connectivity index (χ4v) is 4.95. The van der Waals surface area contributed by atoms with Gasteiger partial charge in [0.05, 0.1) is 16.8 Å². The number of nitrogens with one attached hydrogen (secondary N) is 1. The molecule has 1 aliphatic rings. The lowest BCUT2D eigenvalue weighted by molar-refractivity contribution is 0.600. The van der Waals surface area contributed by atoms with E-state index < -0.39 is 0 Å². The van der Waals surface area contributed by atoms with E-state index in [1.165, 1.54) is 17.3 Å². The second-order valence-electron chi connectivity index (χ2n) is 7.61. The molecule has 0 radical (unpaired) electrons. The molecule has 6 rings (SSSR count). The largest absolute Gasteiger partial charge is 0.341 e. The SMILES string of the molecule is O=c1c2nccnc2nc(SCc2nc3ccccc3[nH]2)n1C1CC1c1ccccc1. The van der Waals surface area contributed by atoms with Crippen LogP contribution >= 0.6 is 11.8 Å². The van der Waals surface area contributed by atoms with E-state index in [-0.39, 0.29) is 11.6 Å². The molecule has 8 heteroatoms. The van der Waals surface area contributed by atoms with Crippen LogP contribution in [0.4, 0.5) is 0 Å². The lowest BCUT2D eigenvalue weighted by atomic mass is 10.1. The maximum atomic E-state index is 13.3. The summed E-state index contributed by atoms with van der Waals surface area (Å²) in [5, 5.41) is 0.655. The fourth-order valence-electron chi connectivity index (χ4n) is 4.04. The first-order valence-electron chi connectivity index (χ1n) is 10.1. The standard InChI is InChI=1S/C23H18N6OS/c30-22-20-21(25-11-10-24-20)28-23(29(22)18-12-15(18)14-6-2-1-3-7-14)31-13-19-26-16-8-4-5-9-17(16)27-19/h1-11,15,18H,12-13H2,(H,26,27). The summed E-state index contributed by atoms with van der Waals surface area (Å²) in [4.78, 5) is 34.6. The van der Waals surface area contributed by atoms with Crippen LogP contribution in [-0.4, -0.2) is 29.5 Å². The highest BCUT2D eigenvalue weighted by atomic mass is 32.2. The normalized spacial score (nSPS) is 17.9. The van der Waals surface area contributed by atoms with Crippen molar-refractivity contribution in [2.45, 2.75) is 29.3 Å². The van der Waals surface area contributed by atoms with E-state index in [0.29, 0.717) is 28.0 Å². The Kier molecular flexibility index (Phi) is 4.31. The molecule has 2 atom stereocenters. The van der Waals surface area contributed by atoms with Gasteiger partial charge in [0, 0.05) is 24.4 Å². The van der Waals surface area contributed by atoms with Crippen molar-refractivity contribution in [1.82, 2.24) is 29.5 Å². The van der Waals surface area contributed by atoms with Gasteiger partial charge in [0.15, 0.2) is 16.3 Å². The summed E-state index contributed by atoms with van der Waals surface area (Å²) >= 11 is 1.50. The first-order valence-corrected chi connectivity index (χ1v) is 11.1. The Morgan fingerprint density at radius 2 is 1.81 bits per heavy atom. The van der Waals surface area contributed by atoms with Crippen molar-refractivity contribution >= 4 is 34.0 Å². The van der Waals surface area contributed by atoms with Gasteiger partial charge in [-0.05, 0) is 24.1 Å². The second kappa shape index (κ2) is 7.31. The molecule has 0 saturated heterocycles. The minimum absolute atomic E-state index is 0.0759. The van der Waals surface area contributed by atoms with Crippen LogP contribution in [0.2, 0.25) is 0 Å². The molecule has 7 nitrogen and oxygen atoms in total. The van der Waals surface area contributed by atoms with Gasteiger partial charge in [-0.15, -0.1) is 0 Å². The number of nitrogens with zero attached hydrogens (tertiary/aromatic N) is 5. The Morgan fingerprint density at radius 3 is 2.68 bits per heavy atom. The average molecular weight is 427 g/mol. The van der Waals surface area contributed by atoms with Crippen molar-refractivity contribution in [3.63, 3.8) is 0 Å². The molecular weight excluding hydrogens is 408 g/mol. The van der Waals surface area contributed by atoms with Gasteiger partial charge in [0.2, 0.25) is 0 Å². The molecule has 152 valence electrons. The first kappa shape index (κ1) is 18.3. The number of imidazole rings is 1. The Morgan fingerprint density at radius 1 is 1.00 bits per heavy atom. The van der Waals surface area contributed by atoms with Crippen LogP contribution in [0.3, 0.4) is 0 Å². The quantitative estimate of drug-likeness (QED) is 0.336. The van der Waals surface area contributed by atoms with E-state index in [2.05, 4.69) is 32.1 Å². The van der Waals surface area contributed by atoms with E-state index in [0.717, 1.165) is 23.3 Å². The van der Waals surface area contributed by atoms with E-state index in [9.17, 15) is 4.79 Å². The van der Waals surface area contributed by atoms with Crippen LogP contribution in [0.5, 0.6) is 0 Å². The molecule has 1 N–H and O–H groups in total. The molecule has 2 unspecified atom stereocenters. The highest BCUT2D eigenvalue weighted by molar-refractivity contribution is 7.98. The van der Waals surface area contributed by atoms with Gasteiger partial charge >= 0.3 is 0 Å². The number of aromatic nitrogens is 6. The number of rotatable bonds is 5. The monoisotopic (exact) mass is 426 g/mol. The van der Waals surface area contributed by atoms with E-state index in [1.54, 1.807) is 12.4 Å². The Balaban J connectivity index is 1.38. The van der Waals surface area contributed by atoms with Crippen molar-refractivity contribution in [3.8, 4) is 0 Å². The number of aromatic amines is 1. The third-order valence-electron chi connectivity index (χ3n) is 5.60. The van der Waals surface area contributed by atoms with Crippen molar-refractivity contribution in [1.29, 1.82) is 0 Å². The molecule has 0 amide bonds. The van der Waals surface area contributed by atoms with Crippen LogP contribution in [0, 0.1) is 0 Å². The molecule has 3 aromatic heterocycles. The van der Waals surface area contributed by atoms with Crippen molar-refractivity contribution in [3.05, 3.63) is 88.7 Å². The van der Waals surface area contributed by atoms with Crippen LogP contribution in [-0.2, 0) is 5.75 Å². The first-order chi connectivity index (χ1) is 15.3. The summed E-state index contributed by atoms with van der Waals surface area (Å²) in [5.74, 6) is 1.73. The van der Waals surface area contributed by atoms with Gasteiger partial charge in [-0.3, -0.25) is 9.36 Å². The number of fused-ring (bicyclic) bond motifs is 2. The van der Waals surface area contributed by atoms with Crippen molar-refractivity contribution in [2.24, 2.45) is 0 Å². The number of thioether (sulfide) groups is 1. The molecule has 3 heterocycles. The van der Waals surface area contributed by atoms with E-state index in [1.807, 2.05) is 47.0 Å². The topological polar surface area (TPSA) is 89.3 Å². The van der Waals surface area contributed by atoms with Crippen LogP contribution in [0.25, 0.3) is 22.2 Å². The molecular formula is C23H18N6OS. The van der Waals surface area contributed by atoms with Gasteiger partial charge in [0.25, 0.3) is 5.56 Å². The summed E-state index contributed by atoms with van der Waals surface area (Å²) in [6.07, 6.45) is 4.02. The van der Waals surface area contributed by atoms with Crippen LogP contribution in [0.15, 0.2) is 76.9 Å². The zero-order valence-corrected chi connectivity index (χ0v) is 17.3. The third-order valence-corrected chi connectivity index (χ3v) is 6.56. The van der Waals surface area contributed by atoms with Gasteiger partial charge in [-0.1, -0.05) is 54.2 Å². The summed E-state index contributed by atoms with van der Waals surface area (Å²) in [6.45, 7) is 0. The molecule has 0 spiro atoms. The molecule has 31 heavy (non-hydrogen) atoms. The molecule has 1 aliphatic carbocycles. The predicted molar refractivity (Wildman–Crippen MR) is 120 cm³/mol. The molecule has 1 saturated carbocycles. The summed E-state index contributed by atoms with van der Waals surface area (Å²) in [5.41, 5.74) is 3.74. The lowest BCUT2D eigenvalue weighted by Crippen LogP contribution is -2.24. The highest BCUT2D eigenvalue weighted by Gasteiger charge is 2.42. The molecule has 1 fully saturated rings. The van der Waals surface area contributed by atoms with Gasteiger partial charge in [-0.25, -0.2) is 19.9 Å². The zero-order valence-electron chi connectivity index (χ0n) is 16.5. The maximum Gasteiger partial charge on any atom is 0.282 e. The Bertz CT molecular complexity index is 1430. The molecule has 0 aliphatic heterocycles. The highest BCUT2D eigenvalue weighted by Crippen LogP contribution is 2.51. The summed E-state index contributed by atoms with van der Waals surface area (Å²) in [6, 6.07) is 18.3. The Hall–Kier alpha value is -3.52. The van der Waals surface area contributed by atoms with Crippen LogP contribution < -0.4 is 5.56 Å². The van der Waals surface area contributed by atoms with Gasteiger partial charge in [0.1, 0.15) is 5.82 Å². The number of benzene rings is 2. The number of para-hydroxylation sites is 2. The smallest absolute Gasteiger partial charge is 0.282 e. The fraction of sp³-hybridized carbons (Fsp3) is 0.174. The summed E-state index contributed by atoms with van der Waals surface area (Å²) < 4.78 is 1.81. The Labute approximate surface area is 181 Å². The van der Waals surface area contributed by atoms with E-state index in [4.69, 9.17) is 4.98 Å². The second-order valence-corrected chi connectivity index (χ2v) is 8.55. The van der Waals surface area contributed by atoms with Gasteiger partial charge < -0.3 is 4.98 Å². The number of hydrogen-bond donors (Lipinski definition) is 1. The molecule has 0 bridgehead atoms. The number of hydrogen-bond acceptors (Lipinski definition) is 6. The predicted octanol–water partition coefficient (Wildman–Crippen LogP) is 4.08.